The van der Waals surface area contributed by atoms with E-state index in [1.807, 2.05) is 44.2 Å². The van der Waals surface area contributed by atoms with Gasteiger partial charge in [0.05, 0.1) is 6.04 Å². The van der Waals surface area contributed by atoms with Crippen LogP contribution in [0.2, 0.25) is 0 Å². The number of nitrogens with zero attached hydrogens (tertiary/aromatic N) is 1. The van der Waals surface area contributed by atoms with E-state index >= 15 is 0 Å². The standard InChI is InChI=1S/C34H49N5O7/c1-18(2)24(31(44)46-17-20-11-9-8-10-12-20)37-32(45)38-27(33(3,4)5)30(43)39-16-21-23(34(21,6)7)25(39)29(42)36-22(15-19-13-14-19)26(40)28(35)41/h8-12,18-19,21-25,27H,13-17H2,1-7H3,(H2,35,41)(H,36,42)(H2,37,38,45)/t21-,22?,23?,24-,25-,27+/m0/s1. The topological polar surface area (TPSA) is 177 Å². The molecule has 2 aliphatic carbocycles. The number of likely N-dealkylation sites (tertiary alicyclic amines) is 1. The molecule has 2 saturated carbocycles. The van der Waals surface area contributed by atoms with Crippen LogP contribution in [0.25, 0.3) is 0 Å². The van der Waals surface area contributed by atoms with E-state index < -0.39 is 65.1 Å². The van der Waals surface area contributed by atoms with E-state index in [0.29, 0.717) is 13.0 Å². The Kier molecular flexibility index (Phi) is 10.2. The average Bonchev–Trinajstić information content (AvgIpc) is 3.83. The summed E-state index contributed by atoms with van der Waals surface area (Å²) >= 11 is 0. The van der Waals surface area contributed by atoms with Crippen LogP contribution in [0.5, 0.6) is 0 Å². The minimum absolute atomic E-state index is 0.0545. The van der Waals surface area contributed by atoms with Gasteiger partial charge in [0.1, 0.15) is 24.7 Å². The molecule has 5 amide bonds. The van der Waals surface area contributed by atoms with Crippen LogP contribution in [-0.4, -0.2) is 71.1 Å². The fraction of sp³-hybridized carbons (Fsp3) is 0.647. The lowest BCUT2D eigenvalue weighted by molar-refractivity contribution is -0.148. The zero-order valence-corrected chi connectivity index (χ0v) is 27.9. The maximum absolute atomic E-state index is 14.2. The molecule has 1 aromatic carbocycles. The van der Waals surface area contributed by atoms with E-state index in [9.17, 15) is 28.8 Å². The van der Waals surface area contributed by atoms with Crippen LogP contribution < -0.4 is 21.7 Å². The van der Waals surface area contributed by atoms with Crippen molar-refractivity contribution in [3.63, 3.8) is 0 Å². The fourth-order valence-electron chi connectivity index (χ4n) is 6.61. The number of primary amides is 1. The maximum Gasteiger partial charge on any atom is 0.329 e. The zero-order valence-electron chi connectivity index (χ0n) is 27.9. The number of urea groups is 1. The van der Waals surface area contributed by atoms with Crippen molar-refractivity contribution < 1.29 is 33.5 Å². The van der Waals surface area contributed by atoms with Crippen molar-refractivity contribution in [1.29, 1.82) is 0 Å². The minimum Gasteiger partial charge on any atom is -0.459 e. The summed E-state index contributed by atoms with van der Waals surface area (Å²) in [7, 11) is 0. The van der Waals surface area contributed by atoms with Crippen molar-refractivity contribution in [1.82, 2.24) is 20.9 Å². The van der Waals surface area contributed by atoms with Crippen molar-refractivity contribution in [2.24, 2.45) is 40.2 Å². The highest BCUT2D eigenvalue weighted by Crippen LogP contribution is 2.65. The predicted molar refractivity (Wildman–Crippen MR) is 170 cm³/mol. The number of carbonyl (C=O) groups excluding carboxylic acids is 6. The summed E-state index contributed by atoms with van der Waals surface area (Å²) in [4.78, 5) is 80.1. The number of esters is 1. The quantitative estimate of drug-likeness (QED) is 0.189. The largest absolute Gasteiger partial charge is 0.459 e. The van der Waals surface area contributed by atoms with E-state index in [4.69, 9.17) is 10.5 Å². The molecule has 0 radical (unpaired) electrons. The van der Waals surface area contributed by atoms with Gasteiger partial charge in [0.15, 0.2) is 0 Å². The van der Waals surface area contributed by atoms with Gasteiger partial charge in [0.2, 0.25) is 17.6 Å². The van der Waals surface area contributed by atoms with Crippen LogP contribution in [0.3, 0.4) is 0 Å². The van der Waals surface area contributed by atoms with Crippen molar-refractivity contribution in [3.05, 3.63) is 35.9 Å². The molecular formula is C34H49N5O7. The van der Waals surface area contributed by atoms with Gasteiger partial charge >= 0.3 is 12.0 Å². The normalized spacial score (nSPS) is 23.4. The molecule has 1 saturated heterocycles. The molecule has 3 aliphatic rings. The SMILES string of the molecule is CC(C)[C@H](NC(=O)N[C@H](C(=O)N1C[C@H]2C([C@H]1C(=O)NC(CC1CC1)C(=O)C(N)=O)C2(C)C)C(C)(C)C)C(=O)OCc1ccccc1. The molecule has 1 heterocycles. The van der Waals surface area contributed by atoms with Crippen molar-refractivity contribution in [2.75, 3.05) is 6.54 Å². The van der Waals surface area contributed by atoms with E-state index in [-0.39, 0.29) is 35.7 Å². The average molecular weight is 640 g/mol. The molecule has 1 aromatic rings. The number of fused-ring (bicyclic) bond motifs is 1. The highest BCUT2D eigenvalue weighted by Gasteiger charge is 2.70. The summed E-state index contributed by atoms with van der Waals surface area (Å²) in [5, 5.41) is 8.20. The van der Waals surface area contributed by atoms with Gasteiger partial charge in [0, 0.05) is 6.54 Å². The first-order valence-electron chi connectivity index (χ1n) is 16.2. The molecular weight excluding hydrogens is 590 g/mol. The van der Waals surface area contributed by atoms with Crippen LogP contribution in [-0.2, 0) is 35.3 Å². The van der Waals surface area contributed by atoms with Crippen LogP contribution in [0.4, 0.5) is 4.79 Å². The van der Waals surface area contributed by atoms with Gasteiger partial charge in [-0.25, -0.2) is 9.59 Å². The molecule has 4 rings (SSSR count). The number of piperidine rings is 1. The summed E-state index contributed by atoms with van der Waals surface area (Å²) in [6.07, 6.45) is 2.14. The van der Waals surface area contributed by atoms with E-state index in [1.165, 1.54) is 4.90 Å². The molecule has 6 atom stereocenters. The van der Waals surface area contributed by atoms with Gasteiger partial charge in [-0.05, 0) is 46.5 Å². The Hall–Kier alpha value is -3.96. The Bertz CT molecular complexity index is 1350. The van der Waals surface area contributed by atoms with Crippen molar-refractivity contribution in [2.45, 2.75) is 98.5 Å². The molecule has 252 valence electrons. The first-order valence-corrected chi connectivity index (χ1v) is 16.2. The number of nitrogens with one attached hydrogen (secondary N) is 3. The van der Waals surface area contributed by atoms with Gasteiger partial charge < -0.3 is 31.3 Å². The zero-order chi connectivity index (χ0) is 34.1. The van der Waals surface area contributed by atoms with E-state index in [0.717, 1.165) is 18.4 Å². The lowest BCUT2D eigenvalue weighted by atomic mass is 9.85. The van der Waals surface area contributed by atoms with Crippen LogP contribution in [0, 0.1) is 34.5 Å². The molecule has 0 bridgehead atoms. The first-order chi connectivity index (χ1) is 21.4. The second-order valence-electron chi connectivity index (χ2n) is 15.1. The third kappa shape index (κ3) is 7.87. The highest BCUT2D eigenvalue weighted by atomic mass is 16.5. The molecule has 1 aliphatic heterocycles. The highest BCUT2D eigenvalue weighted by molar-refractivity contribution is 6.37. The van der Waals surface area contributed by atoms with Crippen LogP contribution >= 0.6 is 0 Å². The predicted octanol–water partition coefficient (Wildman–Crippen LogP) is 2.29. The van der Waals surface area contributed by atoms with Gasteiger partial charge in [0.25, 0.3) is 5.91 Å². The molecule has 3 fully saturated rings. The van der Waals surface area contributed by atoms with Gasteiger partial charge in [-0.1, -0.05) is 91.6 Å². The van der Waals surface area contributed by atoms with Gasteiger partial charge in [-0.15, -0.1) is 0 Å². The molecule has 12 heteroatoms. The molecule has 0 aromatic heterocycles. The molecule has 5 N–H and O–H groups in total. The summed E-state index contributed by atoms with van der Waals surface area (Å²) < 4.78 is 5.47. The number of ether oxygens (including phenoxy) is 1. The number of carbonyl (C=O) groups is 6. The number of benzene rings is 1. The molecule has 0 spiro atoms. The summed E-state index contributed by atoms with van der Waals surface area (Å²) in [5.74, 6) is -3.68. The number of Topliss-reactive ketones (excluding diaryl/α,β-unsaturated/α-hetero) is 1. The number of hydrogen-bond donors (Lipinski definition) is 4. The minimum atomic E-state index is -1.11. The van der Waals surface area contributed by atoms with Gasteiger partial charge in [-0.3, -0.25) is 19.2 Å². The Morgan fingerprint density at radius 1 is 1.00 bits per heavy atom. The van der Waals surface area contributed by atoms with E-state index in [2.05, 4.69) is 16.0 Å². The third-order valence-corrected chi connectivity index (χ3v) is 9.72. The van der Waals surface area contributed by atoms with Crippen LogP contribution in [0.15, 0.2) is 30.3 Å². The Morgan fingerprint density at radius 3 is 2.17 bits per heavy atom. The Morgan fingerprint density at radius 2 is 1.63 bits per heavy atom. The number of rotatable bonds is 13. The Balaban J connectivity index is 1.48. The smallest absolute Gasteiger partial charge is 0.329 e. The maximum atomic E-state index is 14.2. The summed E-state index contributed by atoms with van der Waals surface area (Å²) in [5.41, 5.74) is 5.12. The third-order valence-electron chi connectivity index (χ3n) is 9.72. The lowest BCUT2D eigenvalue weighted by Crippen LogP contribution is -2.62. The molecule has 2 unspecified atom stereocenters. The van der Waals surface area contributed by atoms with E-state index in [1.54, 1.807) is 34.6 Å². The second-order valence-corrected chi connectivity index (χ2v) is 15.1. The monoisotopic (exact) mass is 639 g/mol. The summed E-state index contributed by atoms with van der Waals surface area (Å²) in [6, 6.07) is 4.52. The van der Waals surface area contributed by atoms with Crippen molar-refractivity contribution in [3.8, 4) is 0 Å². The van der Waals surface area contributed by atoms with Gasteiger partial charge in [-0.2, -0.15) is 0 Å². The molecule has 12 nitrogen and oxygen atoms in total. The Labute approximate surface area is 270 Å². The number of hydrogen-bond acceptors (Lipinski definition) is 7. The number of ketones is 1. The number of amides is 5. The lowest BCUT2D eigenvalue weighted by Gasteiger charge is -2.38. The summed E-state index contributed by atoms with van der Waals surface area (Å²) in [6.45, 7) is 13.4. The first kappa shape index (κ1) is 34.9. The van der Waals surface area contributed by atoms with Crippen molar-refractivity contribution >= 4 is 35.5 Å². The molecule has 46 heavy (non-hydrogen) atoms. The van der Waals surface area contributed by atoms with Crippen LogP contribution in [0.1, 0.15) is 73.3 Å². The number of nitrogens with two attached hydrogens (primary N) is 1. The fourth-order valence-corrected chi connectivity index (χ4v) is 6.61. The second kappa shape index (κ2) is 13.4.